The Morgan fingerprint density at radius 2 is 1.89 bits per heavy atom. The van der Waals surface area contributed by atoms with Crippen LogP contribution in [0.4, 0.5) is 28.8 Å². The number of carbonyl (C=O) groups is 1. The third kappa shape index (κ3) is 6.19. The van der Waals surface area contributed by atoms with E-state index < -0.39 is 4.92 Å². The van der Waals surface area contributed by atoms with Crippen LogP contribution in [-0.4, -0.2) is 65.0 Å². The number of pyridine rings is 2. The smallest absolute Gasteiger partial charge is 0.311 e. The Kier molecular flexibility index (Phi) is 7.96. The van der Waals surface area contributed by atoms with Crippen molar-refractivity contribution in [3.63, 3.8) is 0 Å². The molecule has 0 spiro atoms. The highest BCUT2D eigenvalue weighted by Gasteiger charge is 2.26. The quantitative estimate of drug-likeness (QED) is 0.281. The number of nitrogens with zero attached hydrogens (tertiary/aromatic N) is 5. The van der Waals surface area contributed by atoms with Crippen LogP contribution < -0.4 is 21.3 Å². The summed E-state index contributed by atoms with van der Waals surface area (Å²) in [5.74, 6) is 0.824. The summed E-state index contributed by atoms with van der Waals surface area (Å²) in [6, 6.07) is 11.5. The second-order valence-electron chi connectivity index (χ2n) is 8.76. The first-order valence-corrected chi connectivity index (χ1v) is 12.2. The molecule has 194 valence electrons. The van der Waals surface area contributed by atoms with Gasteiger partial charge >= 0.3 is 5.69 Å². The first kappa shape index (κ1) is 26.4. The molecule has 1 atom stereocenters. The van der Waals surface area contributed by atoms with E-state index in [-0.39, 0.29) is 23.5 Å². The van der Waals surface area contributed by atoms with E-state index in [9.17, 15) is 14.9 Å². The highest BCUT2D eigenvalue weighted by molar-refractivity contribution is 6.36. The van der Waals surface area contributed by atoms with Crippen LogP contribution >= 0.6 is 23.2 Å². The lowest BCUT2D eigenvalue weighted by molar-refractivity contribution is -0.384. The van der Waals surface area contributed by atoms with Gasteiger partial charge < -0.3 is 21.3 Å². The summed E-state index contributed by atoms with van der Waals surface area (Å²) >= 11 is 12.6. The van der Waals surface area contributed by atoms with Crippen molar-refractivity contribution in [2.24, 2.45) is 0 Å². The van der Waals surface area contributed by atoms with Crippen LogP contribution in [0.1, 0.15) is 6.92 Å². The predicted octanol–water partition coefficient (Wildman–Crippen LogP) is 4.13. The van der Waals surface area contributed by atoms with Crippen LogP contribution in [0, 0.1) is 10.1 Å². The van der Waals surface area contributed by atoms with Gasteiger partial charge in [0.15, 0.2) is 0 Å². The van der Waals surface area contributed by atoms with Crippen LogP contribution in [0.5, 0.6) is 0 Å². The summed E-state index contributed by atoms with van der Waals surface area (Å²) in [7, 11) is 1.91. The molecule has 37 heavy (non-hydrogen) atoms. The Bertz CT molecular complexity index is 1340. The molecule has 1 saturated heterocycles. The van der Waals surface area contributed by atoms with Crippen molar-refractivity contribution >= 4 is 57.9 Å². The molecule has 1 aliphatic heterocycles. The molecule has 4 N–H and O–H groups in total. The average molecular weight is 545 g/mol. The number of benzene rings is 1. The summed E-state index contributed by atoms with van der Waals surface area (Å²) in [5.41, 5.74) is 7.33. The Labute approximate surface area is 223 Å². The number of likely N-dealkylation sites (N-methyl/N-ethyl adjacent to an activating group) is 1. The summed E-state index contributed by atoms with van der Waals surface area (Å²) < 4.78 is 0. The fourth-order valence-electron chi connectivity index (χ4n) is 3.96. The van der Waals surface area contributed by atoms with Crippen LogP contribution in [-0.2, 0) is 4.79 Å². The van der Waals surface area contributed by atoms with Gasteiger partial charge in [0.2, 0.25) is 11.7 Å². The van der Waals surface area contributed by atoms with Crippen LogP contribution in [0.15, 0.2) is 42.5 Å². The fourth-order valence-corrected chi connectivity index (χ4v) is 4.45. The number of nitrogens with two attached hydrogens (primary N) is 1. The van der Waals surface area contributed by atoms with Gasteiger partial charge in [-0.05, 0) is 50.4 Å². The fraction of sp³-hybridized carbons (Fsp3) is 0.292. The lowest BCUT2D eigenvalue weighted by Crippen LogP contribution is -2.49. The van der Waals surface area contributed by atoms with Crippen LogP contribution in [0.2, 0.25) is 10.0 Å². The molecule has 2 aromatic heterocycles. The van der Waals surface area contributed by atoms with Crippen molar-refractivity contribution in [1.82, 2.24) is 14.9 Å². The molecule has 0 saturated carbocycles. The number of hydrogen-bond donors (Lipinski definition) is 3. The molecular weight excluding hydrogens is 519 g/mol. The van der Waals surface area contributed by atoms with E-state index in [1.54, 1.807) is 23.1 Å². The van der Waals surface area contributed by atoms with E-state index in [4.69, 9.17) is 33.9 Å². The molecule has 1 aromatic carbocycles. The van der Waals surface area contributed by atoms with Crippen molar-refractivity contribution < 1.29 is 9.72 Å². The van der Waals surface area contributed by atoms with Gasteiger partial charge in [-0.2, -0.15) is 0 Å². The number of piperazine rings is 1. The van der Waals surface area contributed by atoms with Crippen LogP contribution in [0.25, 0.3) is 11.3 Å². The number of hydrogen-bond acceptors (Lipinski definition) is 9. The Morgan fingerprint density at radius 3 is 2.57 bits per heavy atom. The lowest BCUT2D eigenvalue weighted by atomic mass is 10.1. The van der Waals surface area contributed by atoms with Gasteiger partial charge in [-0.1, -0.05) is 23.2 Å². The second-order valence-corrected chi connectivity index (χ2v) is 9.60. The number of amides is 1. The van der Waals surface area contributed by atoms with E-state index in [1.807, 2.05) is 31.0 Å². The molecule has 1 amide bonds. The van der Waals surface area contributed by atoms with Crippen molar-refractivity contribution in [3.8, 4) is 11.3 Å². The minimum absolute atomic E-state index is 0.0183. The number of carbonyl (C=O) groups excluding carboxylic acids is 1. The summed E-state index contributed by atoms with van der Waals surface area (Å²) in [6.07, 6.45) is 0. The van der Waals surface area contributed by atoms with Crippen molar-refractivity contribution in [1.29, 1.82) is 0 Å². The number of aromatic nitrogens is 2. The Morgan fingerprint density at radius 1 is 1.14 bits per heavy atom. The van der Waals surface area contributed by atoms with Gasteiger partial charge in [-0.25, -0.2) is 9.97 Å². The molecule has 0 aliphatic carbocycles. The monoisotopic (exact) mass is 544 g/mol. The van der Waals surface area contributed by atoms with Crippen molar-refractivity contribution in [2.45, 2.75) is 13.0 Å². The topological polar surface area (TPSA) is 143 Å². The highest BCUT2D eigenvalue weighted by Crippen LogP contribution is 2.37. The molecule has 1 fully saturated rings. The van der Waals surface area contributed by atoms with Crippen molar-refractivity contribution in [2.75, 3.05) is 54.5 Å². The maximum Gasteiger partial charge on any atom is 0.311 e. The van der Waals surface area contributed by atoms with E-state index >= 15 is 0 Å². The number of nitrogen functional groups attached to an aromatic ring is 1. The van der Waals surface area contributed by atoms with Gasteiger partial charge in [-0.3, -0.25) is 19.8 Å². The molecule has 3 heterocycles. The van der Waals surface area contributed by atoms with E-state index in [1.165, 1.54) is 12.1 Å². The van der Waals surface area contributed by atoms with Gasteiger partial charge in [0, 0.05) is 42.3 Å². The van der Waals surface area contributed by atoms with Crippen LogP contribution in [0.3, 0.4) is 0 Å². The number of nitro groups is 1. The maximum absolute atomic E-state index is 12.8. The number of halogens is 2. The largest absolute Gasteiger partial charge is 0.378 e. The third-order valence-corrected chi connectivity index (χ3v) is 6.39. The zero-order valence-corrected chi connectivity index (χ0v) is 21.8. The van der Waals surface area contributed by atoms with Gasteiger partial charge in [-0.15, -0.1) is 0 Å². The molecule has 0 radical (unpaired) electrons. The molecule has 11 nitrogen and oxygen atoms in total. The zero-order valence-electron chi connectivity index (χ0n) is 20.2. The molecule has 3 aromatic rings. The Hall–Kier alpha value is -3.67. The number of nitrogens with one attached hydrogen (secondary N) is 2. The molecular formula is C24H26Cl2N8O3. The van der Waals surface area contributed by atoms with E-state index in [2.05, 4.69) is 15.6 Å². The number of rotatable bonds is 8. The summed E-state index contributed by atoms with van der Waals surface area (Å²) in [6.45, 7) is 3.96. The minimum Gasteiger partial charge on any atom is -0.378 e. The predicted molar refractivity (Wildman–Crippen MR) is 146 cm³/mol. The standard InChI is InChI=1S/C24H26Cl2N8O3/c1-14(29-21-8-6-19(34(36)37)24(27)31-21)12-28-20-7-5-18(33-10-9-32(2)13-22(33)35)23(30-20)16-4-3-15(25)11-17(16)26/h3-8,11,14H,9-10,12-13H2,1-2H3,(H,28,30)(H3,27,29,31)/t14-/m0/s1. The molecule has 4 rings (SSSR count). The first-order valence-electron chi connectivity index (χ1n) is 11.5. The average Bonchev–Trinajstić information content (AvgIpc) is 2.83. The molecule has 0 bridgehead atoms. The summed E-state index contributed by atoms with van der Waals surface area (Å²) in [4.78, 5) is 35.7. The van der Waals surface area contributed by atoms with Crippen molar-refractivity contribution in [3.05, 3.63) is 62.6 Å². The summed E-state index contributed by atoms with van der Waals surface area (Å²) in [5, 5.41) is 18.3. The second kappa shape index (κ2) is 11.2. The molecule has 13 heteroatoms. The number of anilines is 4. The maximum atomic E-state index is 12.8. The van der Waals surface area contributed by atoms with E-state index in [0.29, 0.717) is 58.3 Å². The van der Waals surface area contributed by atoms with Gasteiger partial charge in [0.05, 0.1) is 27.9 Å². The van der Waals surface area contributed by atoms with Gasteiger partial charge in [0.25, 0.3) is 0 Å². The molecule has 1 aliphatic rings. The van der Waals surface area contributed by atoms with E-state index in [0.717, 1.165) is 6.54 Å². The normalized spacial score (nSPS) is 14.9. The Balaban J connectivity index is 1.55. The first-order chi connectivity index (χ1) is 17.6. The highest BCUT2D eigenvalue weighted by atomic mass is 35.5. The van der Waals surface area contributed by atoms with Gasteiger partial charge in [0.1, 0.15) is 11.6 Å². The SMILES string of the molecule is C[C@@H](CNc1ccc(N2CCN(C)CC2=O)c(-c2ccc(Cl)cc2Cl)n1)Nc1ccc([N+](=O)[O-])c(N)n1. The third-order valence-electron chi connectivity index (χ3n) is 5.85. The zero-order chi connectivity index (χ0) is 26.7. The molecule has 0 unspecified atom stereocenters. The minimum atomic E-state index is -0.577. The lowest BCUT2D eigenvalue weighted by Gasteiger charge is -2.33.